The topological polar surface area (TPSA) is 107 Å². The third-order valence-electron chi connectivity index (χ3n) is 2.53. The number of nitrogens with zero attached hydrogens (tertiary/aromatic N) is 1. The van der Waals surface area contributed by atoms with Crippen LogP contribution < -0.4 is 4.72 Å². The number of hydrogen-bond acceptors (Lipinski definition) is 4. The minimum absolute atomic E-state index is 0.112. The lowest BCUT2D eigenvalue weighted by atomic mass is 9.97. The molecule has 0 saturated carbocycles. The molecule has 6 nitrogen and oxygen atoms in total. The summed E-state index contributed by atoms with van der Waals surface area (Å²) in [5.41, 5.74) is -1.74. The Balaban J connectivity index is 3.27. The fourth-order valence-corrected chi connectivity index (χ4v) is 3.25. The molecule has 0 saturated heterocycles. The number of carboxylic acids is 1. The number of hydrogen-bond donors (Lipinski definition) is 2. The highest BCUT2D eigenvalue weighted by molar-refractivity contribution is 9.10. The zero-order valence-electron chi connectivity index (χ0n) is 11.1. The van der Waals surface area contributed by atoms with Gasteiger partial charge in [0.15, 0.2) is 5.82 Å². The molecule has 0 aliphatic rings. The molecular weight excluding hydrogens is 367 g/mol. The number of benzene rings is 1. The van der Waals surface area contributed by atoms with Crippen LogP contribution in [0.25, 0.3) is 0 Å². The molecular formula is C12H12BrFN2O4S. The number of carbonyl (C=O) groups is 1. The normalized spacial score (nSPS) is 12.0. The van der Waals surface area contributed by atoms with Gasteiger partial charge < -0.3 is 5.11 Å². The number of nitrogens with one attached hydrogen (secondary N) is 1. The number of sulfonamides is 1. The van der Waals surface area contributed by atoms with Crippen LogP contribution in [0.4, 0.5) is 4.39 Å². The lowest BCUT2D eigenvalue weighted by Crippen LogP contribution is -2.33. The van der Waals surface area contributed by atoms with Gasteiger partial charge in [-0.3, -0.25) is 0 Å². The average molecular weight is 379 g/mol. The highest BCUT2D eigenvalue weighted by atomic mass is 79.9. The van der Waals surface area contributed by atoms with Crippen LogP contribution in [-0.2, 0) is 10.0 Å². The monoisotopic (exact) mass is 378 g/mol. The summed E-state index contributed by atoms with van der Waals surface area (Å²) in [5, 5.41) is 17.7. The molecule has 2 N–H and O–H groups in total. The number of aromatic carboxylic acids is 1. The maximum Gasteiger partial charge on any atom is 0.338 e. The van der Waals surface area contributed by atoms with Gasteiger partial charge in [0.1, 0.15) is 4.90 Å². The Hall–Kier alpha value is -1.50. The Morgan fingerprint density at radius 1 is 1.52 bits per heavy atom. The molecule has 1 rings (SSSR count). The predicted molar refractivity (Wildman–Crippen MR) is 75.6 cm³/mol. The molecule has 0 heterocycles. The van der Waals surface area contributed by atoms with Gasteiger partial charge in [-0.25, -0.2) is 22.3 Å². The van der Waals surface area contributed by atoms with Crippen molar-refractivity contribution in [2.75, 3.05) is 6.54 Å². The molecule has 0 amide bonds. The summed E-state index contributed by atoms with van der Waals surface area (Å²) >= 11 is 2.94. The van der Waals surface area contributed by atoms with Gasteiger partial charge in [-0.1, -0.05) is 15.9 Å². The zero-order chi connectivity index (χ0) is 16.4. The summed E-state index contributed by atoms with van der Waals surface area (Å²) in [4.78, 5) is 10.1. The third-order valence-corrected chi connectivity index (χ3v) is 4.39. The molecule has 0 fully saturated rings. The van der Waals surface area contributed by atoms with Crippen LogP contribution in [0.1, 0.15) is 24.2 Å². The highest BCUT2D eigenvalue weighted by Crippen LogP contribution is 2.24. The van der Waals surface area contributed by atoms with Gasteiger partial charge in [0.05, 0.1) is 17.0 Å². The fraction of sp³-hybridized carbons (Fsp3) is 0.333. The van der Waals surface area contributed by atoms with E-state index in [1.807, 2.05) is 6.07 Å². The van der Waals surface area contributed by atoms with Crippen molar-refractivity contribution in [1.82, 2.24) is 4.72 Å². The molecule has 1 aromatic carbocycles. The van der Waals surface area contributed by atoms with Gasteiger partial charge >= 0.3 is 5.97 Å². The van der Waals surface area contributed by atoms with Crippen molar-refractivity contribution in [2.24, 2.45) is 5.41 Å². The van der Waals surface area contributed by atoms with E-state index in [1.165, 1.54) is 13.8 Å². The van der Waals surface area contributed by atoms with Crippen molar-refractivity contribution in [3.8, 4) is 6.07 Å². The second-order valence-electron chi connectivity index (χ2n) is 4.89. The van der Waals surface area contributed by atoms with Gasteiger partial charge in [-0.2, -0.15) is 5.26 Å². The van der Waals surface area contributed by atoms with Gasteiger partial charge in [0.2, 0.25) is 10.0 Å². The molecule has 0 aliphatic carbocycles. The van der Waals surface area contributed by atoms with E-state index < -0.39 is 37.7 Å². The maximum absolute atomic E-state index is 14.0. The van der Waals surface area contributed by atoms with Crippen LogP contribution in [0.15, 0.2) is 21.5 Å². The Labute approximate surface area is 129 Å². The van der Waals surface area contributed by atoms with Crippen LogP contribution in [0.2, 0.25) is 0 Å². The fourth-order valence-electron chi connectivity index (χ4n) is 1.31. The second-order valence-corrected chi connectivity index (χ2v) is 7.54. The van der Waals surface area contributed by atoms with E-state index >= 15 is 0 Å². The number of halogens is 2. The minimum Gasteiger partial charge on any atom is -0.478 e. The highest BCUT2D eigenvalue weighted by Gasteiger charge is 2.27. The molecule has 21 heavy (non-hydrogen) atoms. The van der Waals surface area contributed by atoms with Crippen LogP contribution in [-0.4, -0.2) is 26.0 Å². The first kappa shape index (κ1) is 17.6. The van der Waals surface area contributed by atoms with Crippen molar-refractivity contribution < 1.29 is 22.7 Å². The lowest BCUT2D eigenvalue weighted by molar-refractivity contribution is 0.0691. The van der Waals surface area contributed by atoms with Crippen molar-refractivity contribution >= 4 is 31.9 Å². The first-order valence-electron chi connectivity index (χ1n) is 5.63. The predicted octanol–water partition coefficient (Wildman–Crippen LogP) is 2.11. The summed E-state index contributed by atoms with van der Waals surface area (Å²) in [5.74, 6) is -2.93. The van der Waals surface area contributed by atoms with Crippen LogP contribution >= 0.6 is 15.9 Å². The van der Waals surface area contributed by atoms with E-state index in [9.17, 15) is 17.6 Å². The van der Waals surface area contributed by atoms with E-state index in [0.29, 0.717) is 0 Å². The first-order chi connectivity index (χ1) is 9.50. The third kappa shape index (κ3) is 4.23. The van der Waals surface area contributed by atoms with Gasteiger partial charge in [0, 0.05) is 11.0 Å². The molecule has 0 unspecified atom stereocenters. The van der Waals surface area contributed by atoms with Gasteiger partial charge in [-0.15, -0.1) is 0 Å². The van der Waals surface area contributed by atoms with Crippen molar-refractivity contribution in [3.05, 3.63) is 28.0 Å². The molecule has 1 aromatic rings. The molecule has 0 atom stereocenters. The largest absolute Gasteiger partial charge is 0.478 e. The van der Waals surface area contributed by atoms with Gasteiger partial charge in [-0.05, 0) is 26.0 Å². The van der Waals surface area contributed by atoms with Crippen molar-refractivity contribution in [3.63, 3.8) is 0 Å². The average Bonchev–Trinajstić information content (AvgIpc) is 2.38. The minimum atomic E-state index is -4.28. The lowest BCUT2D eigenvalue weighted by Gasteiger charge is -2.16. The van der Waals surface area contributed by atoms with E-state index in [4.69, 9.17) is 10.4 Å². The number of carboxylic acid groups (broad SMARTS) is 1. The molecule has 114 valence electrons. The van der Waals surface area contributed by atoms with Crippen molar-refractivity contribution in [1.29, 1.82) is 5.26 Å². The summed E-state index contributed by atoms with van der Waals surface area (Å²) in [7, 11) is -4.28. The maximum atomic E-state index is 14.0. The van der Waals surface area contributed by atoms with E-state index in [1.54, 1.807) is 0 Å². The SMILES string of the molecule is CC(C)(C#N)CNS(=O)(=O)c1cc(Br)cc(C(=O)O)c1F. The summed E-state index contributed by atoms with van der Waals surface area (Å²) in [6.07, 6.45) is 0. The molecule has 0 aromatic heterocycles. The molecule has 9 heteroatoms. The van der Waals surface area contributed by atoms with E-state index in [2.05, 4.69) is 20.7 Å². The molecule has 0 bridgehead atoms. The first-order valence-corrected chi connectivity index (χ1v) is 7.91. The quantitative estimate of drug-likeness (QED) is 0.815. The number of rotatable bonds is 5. The summed E-state index contributed by atoms with van der Waals surface area (Å²) in [6, 6.07) is 3.83. The van der Waals surface area contributed by atoms with Crippen molar-refractivity contribution in [2.45, 2.75) is 18.7 Å². The van der Waals surface area contributed by atoms with Crippen LogP contribution in [0, 0.1) is 22.6 Å². The summed E-state index contributed by atoms with van der Waals surface area (Å²) in [6.45, 7) is 2.78. The van der Waals surface area contributed by atoms with Gasteiger partial charge in [0.25, 0.3) is 0 Å². The Kier molecular flexibility index (Phi) is 5.09. The Morgan fingerprint density at radius 3 is 2.57 bits per heavy atom. The van der Waals surface area contributed by atoms with E-state index in [-0.39, 0.29) is 11.0 Å². The van der Waals surface area contributed by atoms with Crippen LogP contribution in [0.5, 0.6) is 0 Å². The van der Waals surface area contributed by atoms with E-state index in [0.717, 1.165) is 12.1 Å². The number of nitriles is 1. The Morgan fingerprint density at radius 2 is 2.10 bits per heavy atom. The standard InChI is InChI=1S/C12H12BrFN2O4S/c1-12(2,5-15)6-16-21(19,20)9-4-7(13)3-8(10(9)14)11(17)18/h3-4,16H,6H2,1-2H3,(H,17,18). The molecule has 0 radical (unpaired) electrons. The molecule has 0 aliphatic heterocycles. The zero-order valence-corrected chi connectivity index (χ0v) is 13.5. The van der Waals surface area contributed by atoms with Crippen LogP contribution in [0.3, 0.4) is 0 Å². The summed E-state index contributed by atoms with van der Waals surface area (Å²) < 4.78 is 40.4. The second kappa shape index (κ2) is 6.09. The molecule has 0 spiro atoms. The smallest absolute Gasteiger partial charge is 0.338 e. The Bertz CT molecular complexity index is 726.